The molecule has 1 heterocycles. The van der Waals surface area contributed by atoms with Crippen LogP contribution in [0.1, 0.15) is 33.6 Å². The van der Waals surface area contributed by atoms with E-state index < -0.39 is 36.3 Å². The Morgan fingerprint density at radius 3 is 2.41 bits per heavy atom. The number of carbonyl (C=O) groups is 2. The first-order valence-electron chi connectivity index (χ1n) is 7.22. The van der Waals surface area contributed by atoms with Gasteiger partial charge < -0.3 is 16.0 Å². The Labute approximate surface area is 136 Å². The fraction of sp³-hybridized carbons (Fsp3) is 0.857. The van der Waals surface area contributed by atoms with E-state index in [1.807, 2.05) is 20.8 Å². The van der Waals surface area contributed by atoms with E-state index in [4.69, 9.17) is 5.73 Å². The molecule has 0 saturated carbocycles. The number of rotatable bonds is 4. The number of piperidine rings is 1. The third-order valence-electron chi connectivity index (χ3n) is 3.54. The van der Waals surface area contributed by atoms with Crippen molar-refractivity contribution in [3.05, 3.63) is 0 Å². The Morgan fingerprint density at radius 1 is 1.32 bits per heavy atom. The van der Waals surface area contributed by atoms with Crippen LogP contribution in [0.5, 0.6) is 0 Å². The van der Waals surface area contributed by atoms with Gasteiger partial charge in [-0.3, -0.25) is 9.59 Å². The summed E-state index contributed by atoms with van der Waals surface area (Å²) in [5.41, 5.74) is 4.42. The van der Waals surface area contributed by atoms with Crippen LogP contribution >= 0.6 is 12.4 Å². The number of likely N-dealkylation sites (tertiary alicyclic amines) is 1. The van der Waals surface area contributed by atoms with Gasteiger partial charge in [0.2, 0.25) is 11.8 Å². The topological polar surface area (TPSA) is 75.4 Å². The van der Waals surface area contributed by atoms with Gasteiger partial charge >= 0.3 is 0 Å². The first kappa shape index (κ1) is 21.0. The summed E-state index contributed by atoms with van der Waals surface area (Å²) in [5.74, 6) is -3.98. The average Bonchev–Trinajstić information content (AvgIpc) is 2.43. The number of nitrogens with two attached hydrogens (primary N) is 1. The van der Waals surface area contributed by atoms with Crippen molar-refractivity contribution >= 4 is 24.2 Å². The summed E-state index contributed by atoms with van der Waals surface area (Å²) in [6, 6.07) is 0. The van der Waals surface area contributed by atoms with Crippen LogP contribution in [0.25, 0.3) is 0 Å². The third kappa shape index (κ3) is 6.04. The van der Waals surface area contributed by atoms with Crippen LogP contribution in [0.2, 0.25) is 0 Å². The molecule has 1 aliphatic heterocycles. The lowest BCUT2D eigenvalue weighted by Gasteiger charge is -2.36. The largest absolute Gasteiger partial charge is 0.350 e. The summed E-state index contributed by atoms with van der Waals surface area (Å²) in [6.45, 7) is 4.80. The molecule has 1 atom stereocenters. The molecule has 0 spiro atoms. The summed E-state index contributed by atoms with van der Waals surface area (Å²) < 4.78 is 26.1. The summed E-state index contributed by atoms with van der Waals surface area (Å²) in [4.78, 5) is 25.8. The van der Waals surface area contributed by atoms with Crippen molar-refractivity contribution < 1.29 is 18.4 Å². The van der Waals surface area contributed by atoms with E-state index in [1.165, 1.54) is 0 Å². The van der Waals surface area contributed by atoms with E-state index >= 15 is 0 Å². The molecule has 0 aliphatic carbocycles. The highest BCUT2D eigenvalue weighted by Crippen LogP contribution is 2.23. The predicted octanol–water partition coefficient (Wildman–Crippen LogP) is 1.40. The maximum absolute atomic E-state index is 13.0. The zero-order chi connectivity index (χ0) is 16.3. The van der Waals surface area contributed by atoms with Crippen molar-refractivity contribution in [3.63, 3.8) is 0 Å². The van der Waals surface area contributed by atoms with Gasteiger partial charge in [0.15, 0.2) is 0 Å². The molecular weight excluding hydrogens is 316 g/mol. The molecule has 2 amide bonds. The Kier molecular flexibility index (Phi) is 7.71. The second-order valence-corrected chi connectivity index (χ2v) is 6.62. The molecule has 0 aromatic carbocycles. The lowest BCUT2D eigenvalue weighted by Crippen LogP contribution is -2.50. The van der Waals surface area contributed by atoms with E-state index in [2.05, 4.69) is 5.32 Å². The normalized spacial score (nSPS) is 19.4. The summed E-state index contributed by atoms with van der Waals surface area (Å²) >= 11 is 0. The third-order valence-corrected chi connectivity index (χ3v) is 3.54. The maximum atomic E-state index is 13.0. The zero-order valence-electron chi connectivity index (χ0n) is 13.3. The summed E-state index contributed by atoms with van der Waals surface area (Å²) in [7, 11) is 0. The lowest BCUT2D eigenvalue weighted by atomic mass is 9.91. The SMILES string of the molecule is CC(C)(C)C(=O)N1CCCC(C(=O)NCC(F)(F)CN)C1.Cl. The number of halogens is 3. The number of carbonyl (C=O) groups excluding carboxylic acids is 2. The van der Waals surface area contributed by atoms with Crippen molar-refractivity contribution in [1.29, 1.82) is 0 Å². The van der Waals surface area contributed by atoms with Crippen LogP contribution in [-0.4, -0.2) is 48.8 Å². The van der Waals surface area contributed by atoms with Gasteiger partial charge in [-0.15, -0.1) is 12.4 Å². The molecule has 1 aliphatic rings. The smallest absolute Gasteiger partial charge is 0.277 e. The standard InChI is InChI=1S/C14H25F2N3O2.ClH/c1-13(2,3)12(21)19-6-4-5-10(7-19)11(20)18-9-14(15,16)8-17;/h10H,4-9,17H2,1-3H3,(H,18,20);1H. The van der Waals surface area contributed by atoms with E-state index in [-0.39, 0.29) is 24.9 Å². The van der Waals surface area contributed by atoms with Gasteiger partial charge in [0.1, 0.15) is 0 Å². The number of nitrogens with one attached hydrogen (secondary N) is 1. The molecule has 0 bridgehead atoms. The van der Waals surface area contributed by atoms with Crippen LogP contribution in [0.4, 0.5) is 8.78 Å². The van der Waals surface area contributed by atoms with Gasteiger partial charge in [-0.25, -0.2) is 8.78 Å². The molecule has 0 aromatic heterocycles. The predicted molar refractivity (Wildman–Crippen MR) is 83.0 cm³/mol. The molecule has 1 saturated heterocycles. The number of alkyl halides is 2. The van der Waals surface area contributed by atoms with Gasteiger partial charge in [-0.05, 0) is 12.8 Å². The zero-order valence-corrected chi connectivity index (χ0v) is 14.1. The van der Waals surface area contributed by atoms with E-state index in [9.17, 15) is 18.4 Å². The quantitative estimate of drug-likeness (QED) is 0.811. The highest BCUT2D eigenvalue weighted by molar-refractivity contribution is 5.85. The van der Waals surface area contributed by atoms with Gasteiger partial charge in [0, 0.05) is 18.5 Å². The second kappa shape index (κ2) is 8.06. The van der Waals surface area contributed by atoms with Gasteiger partial charge in [-0.1, -0.05) is 20.8 Å². The molecule has 1 unspecified atom stereocenters. The molecule has 1 rings (SSSR count). The van der Waals surface area contributed by atoms with Gasteiger partial charge in [0.05, 0.1) is 19.0 Å². The van der Waals surface area contributed by atoms with Crippen molar-refractivity contribution in [2.75, 3.05) is 26.2 Å². The molecule has 1 fully saturated rings. The lowest BCUT2D eigenvalue weighted by molar-refractivity contribution is -0.143. The fourth-order valence-corrected chi connectivity index (χ4v) is 2.28. The van der Waals surface area contributed by atoms with E-state index in [0.29, 0.717) is 19.4 Å². The summed E-state index contributed by atoms with van der Waals surface area (Å²) in [6.07, 6.45) is 1.31. The highest BCUT2D eigenvalue weighted by atomic mass is 35.5. The van der Waals surface area contributed by atoms with Crippen molar-refractivity contribution in [2.24, 2.45) is 17.1 Å². The molecule has 22 heavy (non-hydrogen) atoms. The monoisotopic (exact) mass is 341 g/mol. The Balaban J connectivity index is 0.00000441. The average molecular weight is 342 g/mol. The van der Waals surface area contributed by atoms with Gasteiger partial charge in [0.25, 0.3) is 5.92 Å². The van der Waals surface area contributed by atoms with Crippen LogP contribution in [0, 0.1) is 11.3 Å². The van der Waals surface area contributed by atoms with Crippen molar-refractivity contribution in [3.8, 4) is 0 Å². The molecule has 0 radical (unpaired) electrons. The number of amides is 2. The maximum Gasteiger partial charge on any atom is 0.277 e. The Bertz CT molecular complexity index is 400. The number of nitrogens with zero attached hydrogens (tertiary/aromatic N) is 1. The highest BCUT2D eigenvalue weighted by Gasteiger charge is 2.34. The minimum absolute atomic E-state index is 0. The van der Waals surface area contributed by atoms with Gasteiger partial charge in [-0.2, -0.15) is 0 Å². The summed E-state index contributed by atoms with van der Waals surface area (Å²) in [5, 5.41) is 2.23. The molecule has 130 valence electrons. The van der Waals surface area contributed by atoms with Crippen molar-refractivity contribution in [1.82, 2.24) is 10.2 Å². The molecule has 5 nitrogen and oxygen atoms in total. The Hall–Kier alpha value is -0.950. The van der Waals surface area contributed by atoms with E-state index in [0.717, 1.165) is 0 Å². The minimum Gasteiger partial charge on any atom is -0.350 e. The fourth-order valence-electron chi connectivity index (χ4n) is 2.28. The van der Waals surface area contributed by atoms with Crippen LogP contribution in [0.15, 0.2) is 0 Å². The van der Waals surface area contributed by atoms with Crippen LogP contribution < -0.4 is 11.1 Å². The number of hydrogen-bond donors (Lipinski definition) is 2. The first-order chi connectivity index (χ1) is 9.57. The molecule has 3 N–H and O–H groups in total. The van der Waals surface area contributed by atoms with Crippen LogP contribution in [-0.2, 0) is 9.59 Å². The Morgan fingerprint density at radius 2 is 1.91 bits per heavy atom. The molecule has 8 heteroatoms. The second-order valence-electron chi connectivity index (χ2n) is 6.62. The number of hydrogen-bond acceptors (Lipinski definition) is 3. The van der Waals surface area contributed by atoms with E-state index in [1.54, 1.807) is 4.90 Å². The molecule has 0 aromatic rings. The minimum atomic E-state index is -3.09. The molecular formula is C14H26ClF2N3O2. The van der Waals surface area contributed by atoms with Crippen LogP contribution in [0.3, 0.4) is 0 Å². The van der Waals surface area contributed by atoms with Crippen molar-refractivity contribution in [2.45, 2.75) is 39.5 Å². The first-order valence-corrected chi connectivity index (χ1v) is 7.22.